The number of carbonyl (C=O) groups is 1. The maximum absolute atomic E-state index is 12.1. The fourth-order valence-electron chi connectivity index (χ4n) is 2.26. The van der Waals surface area contributed by atoms with Crippen molar-refractivity contribution in [3.05, 3.63) is 59.4 Å². The van der Waals surface area contributed by atoms with E-state index >= 15 is 0 Å². The van der Waals surface area contributed by atoms with E-state index in [1.807, 2.05) is 37.3 Å². The number of hydrogen-bond acceptors (Lipinski definition) is 4. The molecule has 2 aromatic heterocycles. The maximum Gasteiger partial charge on any atom is 0.220 e. The Morgan fingerprint density at radius 2 is 2.00 bits per heavy atom. The first-order chi connectivity index (χ1) is 10.7. The third-order valence-corrected chi connectivity index (χ3v) is 4.67. The van der Waals surface area contributed by atoms with E-state index in [4.69, 9.17) is 0 Å². The van der Waals surface area contributed by atoms with E-state index in [1.54, 1.807) is 23.7 Å². The molecule has 112 valence electrons. The summed E-state index contributed by atoms with van der Waals surface area (Å²) in [5.74, 6) is 0.0450. The van der Waals surface area contributed by atoms with Gasteiger partial charge in [-0.15, -0.1) is 11.3 Å². The third kappa shape index (κ3) is 3.49. The monoisotopic (exact) mass is 311 g/mol. The highest BCUT2D eigenvalue weighted by molar-refractivity contribution is 7.18. The second-order valence-electron chi connectivity index (χ2n) is 5.16. The minimum absolute atomic E-state index is 0.0450. The molecule has 1 aromatic carbocycles. The number of nitrogens with zero attached hydrogens (tertiary/aromatic N) is 2. The molecule has 0 radical (unpaired) electrons. The number of nitrogens with one attached hydrogen (secondary N) is 1. The average molecular weight is 311 g/mol. The molecular weight excluding hydrogens is 294 g/mol. The zero-order valence-electron chi connectivity index (χ0n) is 12.3. The summed E-state index contributed by atoms with van der Waals surface area (Å²) in [4.78, 5) is 20.6. The second kappa shape index (κ2) is 6.66. The molecule has 3 rings (SSSR count). The summed E-state index contributed by atoms with van der Waals surface area (Å²) in [6.45, 7) is 1.97. The number of aromatic nitrogens is 2. The fourth-order valence-corrected chi connectivity index (χ4v) is 3.23. The standard InChI is InChI=1S/C17H17N3OS/c1-12(17-20-14-4-2-3-5-15(14)22-17)19-16(21)7-6-13-8-10-18-11-9-13/h2-5,8-12H,6-7H2,1H3,(H,19,21). The molecule has 0 fully saturated rings. The van der Waals surface area contributed by atoms with Crippen LogP contribution in [0.3, 0.4) is 0 Å². The molecule has 22 heavy (non-hydrogen) atoms. The Morgan fingerprint density at radius 3 is 2.77 bits per heavy atom. The van der Waals surface area contributed by atoms with Gasteiger partial charge in [-0.3, -0.25) is 9.78 Å². The molecular formula is C17H17N3OS. The number of para-hydroxylation sites is 1. The van der Waals surface area contributed by atoms with E-state index in [2.05, 4.69) is 21.4 Å². The van der Waals surface area contributed by atoms with Crippen molar-refractivity contribution in [2.45, 2.75) is 25.8 Å². The molecule has 1 N–H and O–H groups in total. The van der Waals surface area contributed by atoms with Crippen molar-refractivity contribution < 1.29 is 4.79 Å². The predicted molar refractivity (Wildman–Crippen MR) is 88.7 cm³/mol. The van der Waals surface area contributed by atoms with E-state index < -0.39 is 0 Å². The van der Waals surface area contributed by atoms with Crippen LogP contribution in [0.1, 0.15) is 30.0 Å². The van der Waals surface area contributed by atoms with Gasteiger partial charge in [-0.25, -0.2) is 4.98 Å². The smallest absolute Gasteiger partial charge is 0.220 e. The highest BCUT2D eigenvalue weighted by Crippen LogP contribution is 2.26. The summed E-state index contributed by atoms with van der Waals surface area (Å²) in [5, 5.41) is 3.96. The van der Waals surface area contributed by atoms with Crippen molar-refractivity contribution in [1.29, 1.82) is 0 Å². The number of fused-ring (bicyclic) bond motifs is 1. The summed E-state index contributed by atoms with van der Waals surface area (Å²) in [5.41, 5.74) is 2.11. The first-order valence-electron chi connectivity index (χ1n) is 7.26. The van der Waals surface area contributed by atoms with E-state index in [0.717, 1.165) is 27.2 Å². The molecule has 1 unspecified atom stereocenters. The zero-order chi connectivity index (χ0) is 15.4. The van der Waals surface area contributed by atoms with Gasteiger partial charge in [-0.05, 0) is 43.2 Å². The molecule has 0 saturated heterocycles. The predicted octanol–water partition coefficient (Wildman–Crippen LogP) is 3.50. The lowest BCUT2D eigenvalue weighted by molar-refractivity contribution is -0.121. The van der Waals surface area contributed by atoms with Crippen molar-refractivity contribution in [2.24, 2.45) is 0 Å². The van der Waals surface area contributed by atoms with Crippen molar-refractivity contribution in [3.63, 3.8) is 0 Å². The summed E-state index contributed by atoms with van der Waals surface area (Å²) < 4.78 is 1.15. The number of pyridine rings is 1. The second-order valence-corrected chi connectivity index (χ2v) is 6.23. The molecule has 0 aliphatic carbocycles. The van der Waals surface area contributed by atoms with Crippen LogP contribution in [0.25, 0.3) is 10.2 Å². The fraction of sp³-hybridized carbons (Fsp3) is 0.235. The SMILES string of the molecule is CC(NC(=O)CCc1ccncc1)c1nc2ccccc2s1. The van der Waals surface area contributed by atoms with Gasteiger partial charge in [0, 0.05) is 18.8 Å². The number of benzene rings is 1. The number of carbonyl (C=O) groups excluding carboxylic acids is 1. The Hall–Kier alpha value is -2.27. The van der Waals surface area contributed by atoms with Gasteiger partial charge in [0.1, 0.15) is 5.01 Å². The highest BCUT2D eigenvalue weighted by atomic mass is 32.1. The molecule has 5 heteroatoms. The molecule has 0 saturated carbocycles. The van der Waals surface area contributed by atoms with E-state index in [9.17, 15) is 4.79 Å². The quantitative estimate of drug-likeness (QED) is 0.784. The largest absolute Gasteiger partial charge is 0.347 e. The lowest BCUT2D eigenvalue weighted by atomic mass is 10.1. The molecule has 1 atom stereocenters. The van der Waals surface area contributed by atoms with Crippen LogP contribution in [0.4, 0.5) is 0 Å². The number of rotatable bonds is 5. The first kappa shape index (κ1) is 14.7. The van der Waals surface area contributed by atoms with Crippen LogP contribution in [0.2, 0.25) is 0 Å². The molecule has 4 nitrogen and oxygen atoms in total. The lowest BCUT2D eigenvalue weighted by Gasteiger charge is -2.11. The van der Waals surface area contributed by atoms with E-state index in [1.165, 1.54) is 0 Å². The Morgan fingerprint density at radius 1 is 1.23 bits per heavy atom. The van der Waals surface area contributed by atoms with Crippen molar-refractivity contribution >= 4 is 27.5 Å². The molecule has 1 amide bonds. The molecule has 0 spiro atoms. The van der Waals surface area contributed by atoms with Gasteiger partial charge in [0.2, 0.25) is 5.91 Å². The summed E-state index contributed by atoms with van der Waals surface area (Å²) in [6.07, 6.45) is 4.69. The van der Waals surface area contributed by atoms with Crippen LogP contribution in [-0.4, -0.2) is 15.9 Å². The maximum atomic E-state index is 12.1. The van der Waals surface area contributed by atoms with Crippen LogP contribution in [0.15, 0.2) is 48.8 Å². The zero-order valence-corrected chi connectivity index (χ0v) is 13.1. The van der Waals surface area contributed by atoms with Gasteiger partial charge in [0.25, 0.3) is 0 Å². The van der Waals surface area contributed by atoms with Crippen LogP contribution in [-0.2, 0) is 11.2 Å². The Labute approximate surface area is 133 Å². The van der Waals surface area contributed by atoms with Gasteiger partial charge in [-0.2, -0.15) is 0 Å². The van der Waals surface area contributed by atoms with Gasteiger partial charge in [0.15, 0.2) is 0 Å². The number of thiazole rings is 1. The van der Waals surface area contributed by atoms with Crippen molar-refractivity contribution in [3.8, 4) is 0 Å². The third-order valence-electron chi connectivity index (χ3n) is 3.45. The minimum Gasteiger partial charge on any atom is -0.347 e. The number of aryl methyl sites for hydroxylation is 1. The van der Waals surface area contributed by atoms with Gasteiger partial charge >= 0.3 is 0 Å². The molecule has 3 aromatic rings. The number of amides is 1. The van der Waals surface area contributed by atoms with Crippen LogP contribution in [0, 0.1) is 0 Å². The van der Waals surface area contributed by atoms with Crippen LogP contribution < -0.4 is 5.32 Å². The van der Waals surface area contributed by atoms with Crippen LogP contribution >= 0.6 is 11.3 Å². The average Bonchev–Trinajstić information content (AvgIpc) is 2.98. The van der Waals surface area contributed by atoms with Gasteiger partial charge in [-0.1, -0.05) is 12.1 Å². The minimum atomic E-state index is -0.0673. The summed E-state index contributed by atoms with van der Waals surface area (Å²) in [7, 11) is 0. The molecule has 0 bridgehead atoms. The molecule has 2 heterocycles. The van der Waals surface area contributed by atoms with Gasteiger partial charge in [0.05, 0.1) is 16.3 Å². The Balaban J connectivity index is 1.58. The topological polar surface area (TPSA) is 54.9 Å². The first-order valence-corrected chi connectivity index (χ1v) is 8.08. The highest BCUT2D eigenvalue weighted by Gasteiger charge is 2.13. The Kier molecular flexibility index (Phi) is 4.44. The normalized spacial score (nSPS) is 12.2. The lowest BCUT2D eigenvalue weighted by Crippen LogP contribution is -2.26. The number of hydrogen-bond donors (Lipinski definition) is 1. The molecule has 0 aliphatic rings. The van der Waals surface area contributed by atoms with Crippen LogP contribution in [0.5, 0.6) is 0 Å². The van der Waals surface area contributed by atoms with E-state index in [-0.39, 0.29) is 11.9 Å². The van der Waals surface area contributed by atoms with Gasteiger partial charge < -0.3 is 5.32 Å². The van der Waals surface area contributed by atoms with Crippen molar-refractivity contribution in [2.75, 3.05) is 0 Å². The summed E-state index contributed by atoms with van der Waals surface area (Å²) in [6, 6.07) is 11.8. The van der Waals surface area contributed by atoms with Crippen molar-refractivity contribution in [1.82, 2.24) is 15.3 Å². The summed E-state index contributed by atoms with van der Waals surface area (Å²) >= 11 is 1.63. The molecule has 0 aliphatic heterocycles. The van der Waals surface area contributed by atoms with E-state index in [0.29, 0.717) is 6.42 Å². The Bertz CT molecular complexity index is 737.